The van der Waals surface area contributed by atoms with Crippen molar-refractivity contribution in [1.29, 1.82) is 0 Å². The summed E-state index contributed by atoms with van der Waals surface area (Å²) < 4.78 is 0. The predicted molar refractivity (Wildman–Crippen MR) is 77.5 cm³/mol. The molecule has 2 aliphatic heterocycles. The van der Waals surface area contributed by atoms with E-state index in [1.807, 2.05) is 0 Å². The van der Waals surface area contributed by atoms with Crippen molar-refractivity contribution < 1.29 is 0 Å². The van der Waals surface area contributed by atoms with Gasteiger partial charge in [0.05, 0.1) is 0 Å². The minimum Gasteiger partial charge on any atom is -0.292 e. The summed E-state index contributed by atoms with van der Waals surface area (Å²) in [5.41, 5.74) is 0. The van der Waals surface area contributed by atoms with Crippen LogP contribution in [0.5, 0.6) is 0 Å². The van der Waals surface area contributed by atoms with Crippen molar-refractivity contribution in [3.05, 3.63) is 24.3 Å². The van der Waals surface area contributed by atoms with E-state index in [-0.39, 0.29) is 0 Å². The van der Waals surface area contributed by atoms with Gasteiger partial charge in [-0.25, -0.2) is 0 Å². The fraction of sp³-hybridized carbons (Fsp3) is 0.765. The Kier molecular flexibility index (Phi) is 3.88. The van der Waals surface area contributed by atoms with Gasteiger partial charge in [-0.2, -0.15) is 0 Å². The Morgan fingerprint density at radius 3 is 3.00 bits per heavy atom. The Hall–Kier alpha value is -0.560. The van der Waals surface area contributed by atoms with Crippen molar-refractivity contribution in [1.82, 2.24) is 4.90 Å². The molecule has 3 rings (SSSR count). The molecular weight excluding hydrogens is 218 g/mol. The van der Waals surface area contributed by atoms with E-state index in [9.17, 15) is 0 Å². The third kappa shape index (κ3) is 2.30. The normalized spacial score (nSPS) is 38.7. The monoisotopic (exact) mass is 245 g/mol. The third-order valence-corrected chi connectivity index (χ3v) is 5.26. The van der Waals surface area contributed by atoms with Crippen LogP contribution in [0.3, 0.4) is 0 Å². The molecule has 2 heterocycles. The fourth-order valence-electron chi connectivity index (χ4n) is 4.34. The maximum absolute atomic E-state index is 2.72. The number of nitrogens with zero attached hydrogens (tertiary/aromatic N) is 1. The van der Waals surface area contributed by atoms with Crippen LogP contribution in [-0.2, 0) is 0 Å². The number of hydrogen-bond donors (Lipinski definition) is 0. The molecular formula is C17H27N. The van der Waals surface area contributed by atoms with Crippen LogP contribution < -0.4 is 0 Å². The quantitative estimate of drug-likeness (QED) is 0.534. The lowest BCUT2D eigenvalue weighted by Crippen LogP contribution is -2.50. The lowest BCUT2D eigenvalue weighted by atomic mass is 9.68. The van der Waals surface area contributed by atoms with Crippen LogP contribution in [0.2, 0.25) is 0 Å². The Morgan fingerprint density at radius 2 is 2.11 bits per heavy atom. The maximum atomic E-state index is 2.72. The highest BCUT2D eigenvalue weighted by molar-refractivity contribution is 5.16. The van der Waals surface area contributed by atoms with Crippen molar-refractivity contribution >= 4 is 0 Å². The highest BCUT2D eigenvalue weighted by Gasteiger charge is 2.42. The highest BCUT2D eigenvalue weighted by Crippen LogP contribution is 2.43. The Balaban J connectivity index is 1.70. The molecule has 0 saturated carbocycles. The molecule has 0 aromatic heterocycles. The van der Waals surface area contributed by atoms with Crippen LogP contribution in [0.1, 0.15) is 45.4 Å². The third-order valence-electron chi connectivity index (χ3n) is 5.26. The molecule has 4 atom stereocenters. The van der Waals surface area contributed by atoms with Gasteiger partial charge in [-0.05, 0) is 37.0 Å². The highest BCUT2D eigenvalue weighted by atomic mass is 15.2. The Bertz CT molecular complexity index is 331. The lowest BCUT2D eigenvalue weighted by Gasteiger charge is -2.47. The fourth-order valence-corrected chi connectivity index (χ4v) is 4.34. The minimum atomic E-state index is 0.731. The van der Waals surface area contributed by atoms with E-state index in [1.54, 1.807) is 0 Å². The molecule has 0 amide bonds. The molecule has 0 N–H and O–H groups in total. The number of piperidine rings is 1. The van der Waals surface area contributed by atoms with E-state index in [2.05, 4.69) is 36.1 Å². The first-order valence-corrected chi connectivity index (χ1v) is 7.97. The SMILES string of the molecule is CCCCCC1CN2CC=CC2C2C=CCCC12. The summed E-state index contributed by atoms with van der Waals surface area (Å²) in [6, 6.07) is 0.731. The molecule has 1 nitrogen and oxygen atoms in total. The number of fused-ring (bicyclic) bond motifs is 3. The summed E-state index contributed by atoms with van der Waals surface area (Å²) in [6.07, 6.45) is 18.3. The molecule has 0 bridgehead atoms. The van der Waals surface area contributed by atoms with Crippen LogP contribution in [0.4, 0.5) is 0 Å². The molecule has 0 radical (unpaired) electrons. The topological polar surface area (TPSA) is 3.24 Å². The van der Waals surface area contributed by atoms with Gasteiger partial charge in [-0.15, -0.1) is 0 Å². The molecule has 1 heteroatoms. The molecule has 18 heavy (non-hydrogen) atoms. The van der Waals surface area contributed by atoms with E-state index in [1.165, 1.54) is 51.6 Å². The van der Waals surface area contributed by atoms with Gasteiger partial charge in [0, 0.05) is 19.1 Å². The molecule has 0 spiro atoms. The number of unbranched alkanes of at least 4 members (excludes halogenated alkanes) is 2. The second-order valence-corrected chi connectivity index (χ2v) is 6.38. The standard InChI is InChI=1S/C17H27N/c1-2-3-4-8-14-13-18-12-7-11-17(18)16-10-6-5-9-15(14)16/h6-7,10-11,14-17H,2-5,8-9,12-13H2,1H3. The van der Waals surface area contributed by atoms with Gasteiger partial charge >= 0.3 is 0 Å². The van der Waals surface area contributed by atoms with E-state index in [4.69, 9.17) is 0 Å². The number of allylic oxidation sites excluding steroid dienone is 1. The molecule has 1 fully saturated rings. The van der Waals surface area contributed by atoms with E-state index in [0.29, 0.717) is 0 Å². The summed E-state index contributed by atoms with van der Waals surface area (Å²) in [6.45, 7) is 4.87. The summed E-state index contributed by atoms with van der Waals surface area (Å²) >= 11 is 0. The van der Waals surface area contributed by atoms with Crippen LogP contribution >= 0.6 is 0 Å². The van der Waals surface area contributed by atoms with Crippen LogP contribution in [0.15, 0.2) is 24.3 Å². The van der Waals surface area contributed by atoms with Crippen LogP contribution in [0, 0.1) is 17.8 Å². The molecule has 4 unspecified atom stereocenters. The number of rotatable bonds is 4. The maximum Gasteiger partial charge on any atom is 0.0347 e. The Labute approximate surface area is 112 Å². The zero-order valence-electron chi connectivity index (χ0n) is 11.7. The zero-order chi connectivity index (χ0) is 12.4. The van der Waals surface area contributed by atoms with Gasteiger partial charge in [-0.3, -0.25) is 4.90 Å². The van der Waals surface area contributed by atoms with E-state index >= 15 is 0 Å². The predicted octanol–water partition coefficient (Wildman–Crippen LogP) is 4.02. The van der Waals surface area contributed by atoms with Crippen molar-refractivity contribution in [2.24, 2.45) is 17.8 Å². The van der Waals surface area contributed by atoms with Gasteiger partial charge in [0.1, 0.15) is 0 Å². The minimum absolute atomic E-state index is 0.731. The largest absolute Gasteiger partial charge is 0.292 e. The molecule has 1 aliphatic carbocycles. The van der Waals surface area contributed by atoms with Crippen molar-refractivity contribution in [2.45, 2.75) is 51.5 Å². The van der Waals surface area contributed by atoms with Gasteiger partial charge < -0.3 is 0 Å². The van der Waals surface area contributed by atoms with Crippen molar-refractivity contribution in [3.8, 4) is 0 Å². The van der Waals surface area contributed by atoms with Gasteiger partial charge in [0.15, 0.2) is 0 Å². The van der Waals surface area contributed by atoms with Crippen LogP contribution in [0.25, 0.3) is 0 Å². The first kappa shape index (κ1) is 12.5. The van der Waals surface area contributed by atoms with Gasteiger partial charge in [0.2, 0.25) is 0 Å². The van der Waals surface area contributed by atoms with Crippen LogP contribution in [-0.4, -0.2) is 24.0 Å². The van der Waals surface area contributed by atoms with Crippen molar-refractivity contribution in [2.75, 3.05) is 13.1 Å². The average molecular weight is 245 g/mol. The van der Waals surface area contributed by atoms with Crippen molar-refractivity contribution in [3.63, 3.8) is 0 Å². The molecule has 1 saturated heterocycles. The summed E-state index contributed by atoms with van der Waals surface area (Å²) in [5.74, 6) is 2.75. The molecule has 100 valence electrons. The first-order chi connectivity index (χ1) is 8.90. The second kappa shape index (κ2) is 5.61. The average Bonchev–Trinajstić information content (AvgIpc) is 2.87. The molecule has 0 aromatic carbocycles. The first-order valence-electron chi connectivity index (χ1n) is 7.97. The molecule has 0 aromatic rings. The van der Waals surface area contributed by atoms with E-state index < -0.39 is 0 Å². The van der Waals surface area contributed by atoms with Gasteiger partial charge in [0.25, 0.3) is 0 Å². The smallest absolute Gasteiger partial charge is 0.0347 e. The summed E-state index contributed by atoms with van der Waals surface area (Å²) in [7, 11) is 0. The van der Waals surface area contributed by atoms with E-state index in [0.717, 1.165) is 23.8 Å². The molecule has 3 aliphatic rings. The lowest BCUT2D eigenvalue weighted by molar-refractivity contribution is 0.0497. The summed E-state index contributed by atoms with van der Waals surface area (Å²) in [5, 5.41) is 0. The van der Waals surface area contributed by atoms with Gasteiger partial charge in [-0.1, -0.05) is 50.5 Å². The zero-order valence-corrected chi connectivity index (χ0v) is 11.7. The Morgan fingerprint density at radius 1 is 1.17 bits per heavy atom. The second-order valence-electron chi connectivity index (χ2n) is 6.38. The summed E-state index contributed by atoms with van der Waals surface area (Å²) in [4.78, 5) is 2.72. The number of hydrogen-bond acceptors (Lipinski definition) is 1.